The maximum absolute atomic E-state index is 11.9. The van der Waals surface area contributed by atoms with Gasteiger partial charge in [0.1, 0.15) is 0 Å². The number of benzene rings is 1. The van der Waals surface area contributed by atoms with Crippen molar-refractivity contribution in [3.63, 3.8) is 0 Å². The van der Waals surface area contributed by atoms with Gasteiger partial charge in [-0.1, -0.05) is 38.1 Å². The number of carboxylic acid groups (broad SMARTS) is 1. The van der Waals surface area contributed by atoms with E-state index in [0.717, 1.165) is 11.1 Å². The second kappa shape index (κ2) is 7.67. The van der Waals surface area contributed by atoms with Crippen LogP contribution in [0.5, 0.6) is 0 Å². The van der Waals surface area contributed by atoms with E-state index in [-0.39, 0.29) is 24.5 Å². The Bertz CT molecular complexity index is 500. The summed E-state index contributed by atoms with van der Waals surface area (Å²) in [7, 11) is 0. The molecule has 2 amide bonds. The molecule has 5 heteroatoms. The second-order valence-corrected chi connectivity index (χ2v) is 5.62. The van der Waals surface area contributed by atoms with E-state index in [1.165, 1.54) is 0 Å². The molecule has 0 radical (unpaired) electrons. The molecule has 0 heterocycles. The Balaban J connectivity index is 2.54. The highest BCUT2D eigenvalue weighted by Gasteiger charge is 2.22. The van der Waals surface area contributed by atoms with Gasteiger partial charge in [-0.25, -0.2) is 4.79 Å². The predicted molar refractivity (Wildman–Crippen MR) is 82.1 cm³/mol. The van der Waals surface area contributed by atoms with E-state index in [0.29, 0.717) is 0 Å². The van der Waals surface area contributed by atoms with Crippen LogP contribution in [0.25, 0.3) is 0 Å². The largest absolute Gasteiger partial charge is 0.481 e. The second-order valence-electron chi connectivity index (χ2n) is 5.62. The molecule has 3 N–H and O–H groups in total. The zero-order chi connectivity index (χ0) is 16.0. The lowest BCUT2D eigenvalue weighted by molar-refractivity contribution is -0.142. The van der Waals surface area contributed by atoms with Crippen molar-refractivity contribution in [1.82, 2.24) is 10.6 Å². The first-order chi connectivity index (χ1) is 9.82. The number of hydrogen-bond donors (Lipinski definition) is 3. The molecule has 0 aliphatic rings. The minimum Gasteiger partial charge on any atom is -0.481 e. The summed E-state index contributed by atoms with van der Waals surface area (Å²) in [6.45, 7) is 7.67. The maximum atomic E-state index is 11.9. The molecular formula is C16H24N2O3. The number of carbonyl (C=O) groups excluding carboxylic acids is 1. The van der Waals surface area contributed by atoms with E-state index in [1.54, 1.807) is 0 Å². The van der Waals surface area contributed by atoms with Crippen molar-refractivity contribution in [2.75, 3.05) is 6.54 Å². The number of carbonyl (C=O) groups is 2. The van der Waals surface area contributed by atoms with Gasteiger partial charge in [0.05, 0.1) is 12.0 Å². The van der Waals surface area contributed by atoms with E-state index >= 15 is 0 Å². The third kappa shape index (κ3) is 5.10. The van der Waals surface area contributed by atoms with Crippen molar-refractivity contribution < 1.29 is 14.7 Å². The van der Waals surface area contributed by atoms with Crippen LogP contribution in [0.3, 0.4) is 0 Å². The molecule has 1 aromatic rings. The first-order valence-corrected chi connectivity index (χ1v) is 7.15. The van der Waals surface area contributed by atoms with Gasteiger partial charge >= 0.3 is 12.0 Å². The van der Waals surface area contributed by atoms with Gasteiger partial charge in [0.2, 0.25) is 0 Å². The van der Waals surface area contributed by atoms with Gasteiger partial charge in [0.25, 0.3) is 0 Å². The molecular weight excluding hydrogens is 268 g/mol. The number of nitrogens with one attached hydrogen (secondary N) is 2. The standard InChI is InChI=1S/C16H24N2O3/c1-10(2)14(15(19)20)9-17-16(21)18-12(4)13-8-6-5-7-11(13)3/h5-8,10,12,14H,9H2,1-4H3,(H,19,20)(H2,17,18,21). The summed E-state index contributed by atoms with van der Waals surface area (Å²) in [6, 6.07) is 7.36. The Labute approximate surface area is 125 Å². The SMILES string of the molecule is Cc1ccccc1C(C)NC(=O)NCC(C(=O)O)C(C)C. The summed E-state index contributed by atoms with van der Waals surface area (Å²) < 4.78 is 0. The Morgan fingerprint density at radius 2 is 1.81 bits per heavy atom. The fourth-order valence-corrected chi connectivity index (χ4v) is 2.21. The Morgan fingerprint density at radius 3 is 2.33 bits per heavy atom. The van der Waals surface area contributed by atoms with Gasteiger partial charge in [-0.15, -0.1) is 0 Å². The Morgan fingerprint density at radius 1 is 1.19 bits per heavy atom. The molecule has 0 aliphatic heterocycles. The van der Waals surface area contributed by atoms with Crippen molar-refractivity contribution in [3.05, 3.63) is 35.4 Å². The van der Waals surface area contributed by atoms with E-state index in [4.69, 9.17) is 5.11 Å². The van der Waals surface area contributed by atoms with Crippen LogP contribution in [0.2, 0.25) is 0 Å². The smallest absolute Gasteiger partial charge is 0.315 e. The molecule has 0 aliphatic carbocycles. The molecule has 1 rings (SSSR count). The number of rotatable bonds is 6. The lowest BCUT2D eigenvalue weighted by Gasteiger charge is -2.20. The molecule has 0 spiro atoms. The molecule has 116 valence electrons. The lowest BCUT2D eigenvalue weighted by atomic mass is 9.96. The molecule has 5 nitrogen and oxygen atoms in total. The number of urea groups is 1. The first kappa shape index (κ1) is 17.0. The summed E-state index contributed by atoms with van der Waals surface area (Å²) in [5.41, 5.74) is 2.15. The van der Waals surface area contributed by atoms with Gasteiger partial charge in [0, 0.05) is 6.54 Å². The number of aryl methyl sites for hydroxylation is 1. The number of aliphatic carboxylic acids is 1. The maximum Gasteiger partial charge on any atom is 0.315 e. The van der Waals surface area contributed by atoms with Gasteiger partial charge in [-0.2, -0.15) is 0 Å². The summed E-state index contributed by atoms with van der Waals surface area (Å²) in [5, 5.41) is 14.5. The van der Waals surface area contributed by atoms with E-state index < -0.39 is 11.9 Å². The summed E-state index contributed by atoms with van der Waals surface area (Å²) >= 11 is 0. The number of amides is 2. The molecule has 21 heavy (non-hydrogen) atoms. The van der Waals surface area contributed by atoms with Crippen LogP contribution >= 0.6 is 0 Å². The monoisotopic (exact) mass is 292 g/mol. The minimum atomic E-state index is -0.891. The van der Waals surface area contributed by atoms with Crippen molar-refractivity contribution in [1.29, 1.82) is 0 Å². The van der Waals surface area contributed by atoms with Gasteiger partial charge < -0.3 is 15.7 Å². The van der Waals surface area contributed by atoms with Crippen LogP contribution in [-0.2, 0) is 4.79 Å². The number of carboxylic acids is 1. The zero-order valence-corrected chi connectivity index (χ0v) is 13.0. The van der Waals surface area contributed by atoms with Crippen molar-refractivity contribution >= 4 is 12.0 Å². The third-order valence-corrected chi connectivity index (χ3v) is 3.61. The van der Waals surface area contributed by atoms with E-state index in [2.05, 4.69) is 10.6 Å². The normalized spacial score (nSPS) is 13.6. The Kier molecular flexibility index (Phi) is 6.21. The highest BCUT2D eigenvalue weighted by atomic mass is 16.4. The van der Waals surface area contributed by atoms with Gasteiger partial charge in [0.15, 0.2) is 0 Å². The highest BCUT2D eigenvalue weighted by Crippen LogP contribution is 2.16. The average molecular weight is 292 g/mol. The number of hydrogen-bond acceptors (Lipinski definition) is 2. The van der Waals surface area contributed by atoms with Crippen molar-refractivity contribution in [3.8, 4) is 0 Å². The summed E-state index contributed by atoms with van der Waals surface area (Å²) in [5.74, 6) is -1.50. The molecule has 0 aromatic heterocycles. The van der Waals surface area contributed by atoms with Crippen LogP contribution in [0.1, 0.15) is 37.9 Å². The fraction of sp³-hybridized carbons (Fsp3) is 0.500. The van der Waals surface area contributed by atoms with Crippen LogP contribution in [0.15, 0.2) is 24.3 Å². The lowest BCUT2D eigenvalue weighted by Crippen LogP contribution is -2.42. The van der Waals surface area contributed by atoms with Gasteiger partial charge in [-0.3, -0.25) is 4.79 Å². The first-order valence-electron chi connectivity index (χ1n) is 7.15. The van der Waals surface area contributed by atoms with Crippen LogP contribution in [0, 0.1) is 18.8 Å². The summed E-state index contributed by atoms with van der Waals surface area (Å²) in [4.78, 5) is 22.9. The Hall–Kier alpha value is -2.04. The third-order valence-electron chi connectivity index (χ3n) is 3.61. The molecule has 0 bridgehead atoms. The van der Waals surface area contributed by atoms with Gasteiger partial charge in [-0.05, 0) is 30.9 Å². The fourth-order valence-electron chi connectivity index (χ4n) is 2.21. The molecule has 0 fully saturated rings. The molecule has 1 aromatic carbocycles. The average Bonchev–Trinajstić information content (AvgIpc) is 2.38. The quantitative estimate of drug-likeness (QED) is 0.754. The van der Waals surface area contributed by atoms with E-state index in [9.17, 15) is 9.59 Å². The summed E-state index contributed by atoms with van der Waals surface area (Å²) in [6.07, 6.45) is 0. The van der Waals surface area contributed by atoms with E-state index in [1.807, 2.05) is 52.0 Å². The highest BCUT2D eigenvalue weighted by molar-refractivity contribution is 5.76. The minimum absolute atomic E-state index is 0.0309. The van der Waals surface area contributed by atoms with Crippen molar-refractivity contribution in [2.24, 2.45) is 11.8 Å². The molecule has 0 saturated heterocycles. The molecule has 2 atom stereocenters. The van der Waals surface area contributed by atoms with Crippen molar-refractivity contribution in [2.45, 2.75) is 33.7 Å². The predicted octanol–water partition coefficient (Wildman–Crippen LogP) is 2.71. The molecule has 2 unspecified atom stereocenters. The van der Waals surface area contributed by atoms with Crippen LogP contribution < -0.4 is 10.6 Å². The zero-order valence-electron chi connectivity index (χ0n) is 13.0. The molecule has 0 saturated carbocycles. The topological polar surface area (TPSA) is 78.4 Å². The van der Waals surface area contributed by atoms with Crippen LogP contribution in [-0.4, -0.2) is 23.7 Å². The van der Waals surface area contributed by atoms with Crippen LogP contribution in [0.4, 0.5) is 4.79 Å².